The Hall–Kier alpha value is -3.74. The normalized spacial score (nSPS) is 14.1. The number of halogens is 2. The maximum absolute atomic E-state index is 13.4. The van der Waals surface area contributed by atoms with Crippen LogP contribution in [-0.4, -0.2) is 60.8 Å². The second kappa shape index (κ2) is 9.81. The molecule has 1 saturated heterocycles. The zero-order chi connectivity index (χ0) is 23.4. The maximum Gasteiger partial charge on any atom is 0.321 e. The van der Waals surface area contributed by atoms with E-state index in [2.05, 4.69) is 47.1 Å². The van der Waals surface area contributed by atoms with Gasteiger partial charge in [0.1, 0.15) is 12.1 Å². The van der Waals surface area contributed by atoms with Crippen molar-refractivity contribution in [3.63, 3.8) is 0 Å². The molecule has 0 atom stereocenters. The molecule has 33 heavy (non-hydrogen) atoms. The van der Waals surface area contributed by atoms with Gasteiger partial charge in [-0.1, -0.05) is 0 Å². The first kappa shape index (κ1) is 22.5. The first-order valence-electron chi connectivity index (χ1n) is 10.0. The first-order chi connectivity index (χ1) is 15.9. The molecule has 170 valence electrons. The number of ketones is 1. The van der Waals surface area contributed by atoms with Gasteiger partial charge in [-0.15, -0.1) is 5.10 Å². The lowest BCUT2D eigenvalue weighted by atomic mass is 9.92. The highest BCUT2D eigenvalue weighted by atomic mass is 79.9. The van der Waals surface area contributed by atoms with E-state index in [1.165, 1.54) is 35.4 Å². The van der Waals surface area contributed by atoms with Crippen LogP contribution in [0.4, 0.5) is 20.6 Å². The molecule has 13 heteroatoms. The van der Waals surface area contributed by atoms with Gasteiger partial charge in [-0.25, -0.2) is 14.2 Å². The standard InChI is InChI=1S/C20H19BrFN9O2/c21-15-9-13(1-3-16(15)22)26-19(23)18(32)12-5-7-30(8-6-12)20(33)27-14-2-4-17(24-10-14)31-11-25-28-29-31/h1-4,9-12H,5-8H2,(H2,23,26)(H,27,33). The molecule has 0 aliphatic carbocycles. The number of anilines is 2. The van der Waals surface area contributed by atoms with Gasteiger partial charge in [-0.3, -0.25) is 10.2 Å². The van der Waals surface area contributed by atoms with Crippen molar-refractivity contribution in [2.45, 2.75) is 12.8 Å². The topological polar surface area (TPSA) is 142 Å². The summed E-state index contributed by atoms with van der Waals surface area (Å²) in [7, 11) is 0. The molecule has 0 saturated carbocycles. The quantitative estimate of drug-likeness (QED) is 0.350. The van der Waals surface area contributed by atoms with Crippen LogP contribution in [0.1, 0.15) is 12.8 Å². The highest BCUT2D eigenvalue weighted by Crippen LogP contribution is 2.22. The van der Waals surface area contributed by atoms with Crippen molar-refractivity contribution in [3.05, 3.63) is 53.1 Å². The lowest BCUT2D eigenvalue weighted by molar-refractivity contribution is -0.117. The number of amides is 2. The fraction of sp³-hybridized carbons (Fsp3) is 0.250. The van der Waals surface area contributed by atoms with Crippen molar-refractivity contribution in [2.75, 3.05) is 23.7 Å². The number of piperidine rings is 1. The third kappa shape index (κ3) is 5.37. The van der Waals surface area contributed by atoms with Crippen molar-refractivity contribution in [1.82, 2.24) is 30.1 Å². The Labute approximate surface area is 196 Å². The number of benzene rings is 1. The van der Waals surface area contributed by atoms with Crippen LogP contribution in [0.15, 0.2) is 47.3 Å². The lowest BCUT2D eigenvalue weighted by Crippen LogP contribution is -2.44. The Morgan fingerprint density at radius 2 is 1.88 bits per heavy atom. The zero-order valence-corrected chi connectivity index (χ0v) is 18.8. The third-order valence-electron chi connectivity index (χ3n) is 5.17. The largest absolute Gasteiger partial charge is 0.338 e. The van der Waals surface area contributed by atoms with Gasteiger partial charge in [0.15, 0.2) is 11.7 Å². The maximum atomic E-state index is 13.4. The van der Waals surface area contributed by atoms with Gasteiger partial charge in [0.2, 0.25) is 5.78 Å². The van der Waals surface area contributed by atoms with Crippen LogP contribution >= 0.6 is 15.9 Å². The number of carbonyl (C=O) groups is 2. The SMILES string of the molecule is N=C(Nc1ccc(F)c(Br)c1)C(=O)C1CCN(C(=O)Nc2ccc(-n3cnnn3)nc2)CC1. The number of hydrogen-bond donors (Lipinski definition) is 3. The summed E-state index contributed by atoms with van der Waals surface area (Å²) >= 11 is 3.08. The average molecular weight is 516 g/mol. The Kier molecular flexibility index (Phi) is 6.68. The van der Waals surface area contributed by atoms with E-state index in [1.54, 1.807) is 17.0 Å². The van der Waals surface area contributed by atoms with Crippen molar-refractivity contribution in [3.8, 4) is 5.82 Å². The van der Waals surface area contributed by atoms with E-state index in [0.29, 0.717) is 43.1 Å². The number of hydrogen-bond acceptors (Lipinski definition) is 7. The van der Waals surface area contributed by atoms with Gasteiger partial charge in [0, 0.05) is 24.7 Å². The third-order valence-corrected chi connectivity index (χ3v) is 5.78. The van der Waals surface area contributed by atoms with E-state index < -0.39 is 5.82 Å². The van der Waals surface area contributed by atoms with E-state index >= 15 is 0 Å². The molecule has 0 radical (unpaired) electrons. The fourth-order valence-electron chi connectivity index (χ4n) is 3.39. The molecule has 0 bridgehead atoms. The van der Waals surface area contributed by atoms with Gasteiger partial charge >= 0.3 is 6.03 Å². The van der Waals surface area contributed by atoms with Crippen LogP contribution in [0.2, 0.25) is 0 Å². The number of Topliss-reactive ketones (excluding diaryl/α,β-unsaturated/α-hetero) is 1. The number of nitrogens with one attached hydrogen (secondary N) is 3. The van der Waals surface area contributed by atoms with E-state index in [1.807, 2.05) is 0 Å². The monoisotopic (exact) mass is 515 g/mol. The van der Waals surface area contributed by atoms with Gasteiger partial charge in [-0.2, -0.15) is 4.68 Å². The molecule has 0 unspecified atom stereocenters. The molecule has 2 aromatic heterocycles. The summed E-state index contributed by atoms with van der Waals surface area (Å²) in [6.07, 6.45) is 3.81. The van der Waals surface area contributed by atoms with E-state index in [9.17, 15) is 14.0 Å². The van der Waals surface area contributed by atoms with Crippen molar-refractivity contribution < 1.29 is 14.0 Å². The smallest absolute Gasteiger partial charge is 0.321 e. The Balaban J connectivity index is 1.27. The second-order valence-electron chi connectivity index (χ2n) is 7.34. The minimum absolute atomic E-state index is 0.243. The molecule has 1 fully saturated rings. The molecule has 3 heterocycles. The van der Waals surface area contributed by atoms with Gasteiger partial charge in [0.25, 0.3) is 0 Å². The number of aromatic nitrogens is 5. The molecule has 1 aliphatic rings. The second-order valence-corrected chi connectivity index (χ2v) is 8.20. The number of amidine groups is 1. The molecule has 11 nitrogen and oxygen atoms in total. The first-order valence-corrected chi connectivity index (χ1v) is 10.8. The summed E-state index contributed by atoms with van der Waals surface area (Å²) in [6, 6.07) is 7.25. The highest BCUT2D eigenvalue weighted by molar-refractivity contribution is 9.10. The lowest BCUT2D eigenvalue weighted by Gasteiger charge is -2.31. The minimum atomic E-state index is -0.428. The van der Waals surface area contributed by atoms with E-state index in [4.69, 9.17) is 5.41 Å². The molecular formula is C20H19BrFN9O2. The van der Waals surface area contributed by atoms with Crippen LogP contribution in [0.3, 0.4) is 0 Å². The van der Waals surface area contributed by atoms with Gasteiger partial charge < -0.3 is 15.5 Å². The van der Waals surface area contributed by atoms with Crippen molar-refractivity contribution in [1.29, 1.82) is 5.41 Å². The summed E-state index contributed by atoms with van der Waals surface area (Å²) in [5.74, 6) is -0.872. The number of likely N-dealkylation sites (tertiary alicyclic amines) is 1. The Morgan fingerprint density at radius 1 is 1.12 bits per heavy atom. The molecular weight excluding hydrogens is 497 g/mol. The minimum Gasteiger partial charge on any atom is -0.338 e. The number of nitrogens with zero attached hydrogens (tertiary/aromatic N) is 6. The van der Waals surface area contributed by atoms with Crippen molar-refractivity contribution in [2.24, 2.45) is 5.92 Å². The summed E-state index contributed by atoms with van der Waals surface area (Å²) in [5.41, 5.74) is 0.963. The van der Waals surface area contributed by atoms with Gasteiger partial charge in [-0.05, 0) is 69.5 Å². The predicted molar refractivity (Wildman–Crippen MR) is 121 cm³/mol. The summed E-state index contributed by atoms with van der Waals surface area (Å²) < 4.78 is 15.0. The average Bonchev–Trinajstić information content (AvgIpc) is 3.36. The summed E-state index contributed by atoms with van der Waals surface area (Å²) in [5, 5.41) is 24.4. The summed E-state index contributed by atoms with van der Waals surface area (Å²) in [6.45, 7) is 0.765. The Bertz CT molecular complexity index is 1160. The van der Waals surface area contributed by atoms with E-state index in [0.717, 1.165) is 0 Å². The highest BCUT2D eigenvalue weighted by Gasteiger charge is 2.29. The van der Waals surface area contributed by atoms with Crippen LogP contribution in [0.5, 0.6) is 0 Å². The number of pyridine rings is 1. The number of rotatable bonds is 5. The van der Waals surface area contributed by atoms with Crippen LogP contribution in [0.25, 0.3) is 5.82 Å². The molecule has 4 rings (SSSR count). The summed E-state index contributed by atoms with van der Waals surface area (Å²) in [4.78, 5) is 31.0. The predicted octanol–water partition coefficient (Wildman–Crippen LogP) is 2.86. The molecule has 1 aliphatic heterocycles. The number of tetrazole rings is 1. The van der Waals surface area contributed by atoms with E-state index in [-0.39, 0.29) is 28.0 Å². The zero-order valence-electron chi connectivity index (χ0n) is 17.2. The van der Waals surface area contributed by atoms with Gasteiger partial charge in [0.05, 0.1) is 16.4 Å². The molecule has 3 N–H and O–H groups in total. The Morgan fingerprint density at radius 3 is 2.52 bits per heavy atom. The molecule has 2 amide bonds. The van der Waals surface area contributed by atoms with Crippen molar-refractivity contribution >= 4 is 45.0 Å². The fourth-order valence-corrected chi connectivity index (χ4v) is 3.77. The van der Waals surface area contributed by atoms with Crippen LogP contribution in [-0.2, 0) is 4.79 Å². The number of carbonyl (C=O) groups excluding carboxylic acids is 2. The number of urea groups is 1. The van der Waals surface area contributed by atoms with Crippen LogP contribution in [0, 0.1) is 17.1 Å². The molecule has 1 aromatic carbocycles. The van der Waals surface area contributed by atoms with Crippen LogP contribution < -0.4 is 10.6 Å². The molecule has 3 aromatic rings. The molecule has 0 spiro atoms.